The summed E-state index contributed by atoms with van der Waals surface area (Å²) >= 11 is 3.80. The van der Waals surface area contributed by atoms with E-state index in [4.69, 9.17) is 0 Å². The van der Waals surface area contributed by atoms with Crippen LogP contribution < -0.4 is 0 Å². The van der Waals surface area contributed by atoms with Gasteiger partial charge in [0.1, 0.15) is 0 Å². The SMILES string of the molecule is CSc1ccc(CCCC(C)C)s1. The summed E-state index contributed by atoms with van der Waals surface area (Å²) in [6.07, 6.45) is 6.10. The highest BCUT2D eigenvalue weighted by Gasteiger charge is 1.99. The summed E-state index contributed by atoms with van der Waals surface area (Å²) in [7, 11) is 0. The van der Waals surface area contributed by atoms with E-state index in [0.29, 0.717) is 0 Å². The van der Waals surface area contributed by atoms with Gasteiger partial charge in [0.15, 0.2) is 0 Å². The first-order valence-corrected chi connectivity index (χ1v) is 6.89. The van der Waals surface area contributed by atoms with Crippen LogP contribution >= 0.6 is 23.1 Å². The van der Waals surface area contributed by atoms with Crippen molar-refractivity contribution in [2.24, 2.45) is 5.92 Å². The molecule has 0 N–H and O–H groups in total. The van der Waals surface area contributed by atoms with Crippen LogP contribution in [0.4, 0.5) is 0 Å². The van der Waals surface area contributed by atoms with E-state index >= 15 is 0 Å². The Kier molecular flexibility index (Phi) is 4.89. The highest BCUT2D eigenvalue weighted by molar-refractivity contribution is 8.00. The molecular weight excluding hydrogens is 196 g/mol. The van der Waals surface area contributed by atoms with Crippen LogP contribution in [0.5, 0.6) is 0 Å². The van der Waals surface area contributed by atoms with E-state index in [-0.39, 0.29) is 0 Å². The molecule has 0 aliphatic rings. The van der Waals surface area contributed by atoms with Crippen molar-refractivity contribution in [2.45, 2.75) is 37.3 Å². The molecule has 0 nitrogen and oxygen atoms in total. The number of rotatable bonds is 5. The van der Waals surface area contributed by atoms with Crippen molar-refractivity contribution in [1.82, 2.24) is 0 Å². The molecule has 0 fully saturated rings. The molecule has 74 valence electrons. The average molecular weight is 214 g/mol. The molecule has 0 atom stereocenters. The van der Waals surface area contributed by atoms with Gasteiger partial charge in [-0.15, -0.1) is 23.1 Å². The van der Waals surface area contributed by atoms with Crippen LogP contribution in [0.2, 0.25) is 0 Å². The summed E-state index contributed by atoms with van der Waals surface area (Å²) in [5.41, 5.74) is 0. The average Bonchev–Trinajstić information content (AvgIpc) is 2.52. The first-order chi connectivity index (χ1) is 6.22. The molecule has 0 radical (unpaired) electrons. The summed E-state index contributed by atoms with van der Waals surface area (Å²) in [5.74, 6) is 0.847. The van der Waals surface area contributed by atoms with E-state index in [1.807, 2.05) is 23.1 Å². The van der Waals surface area contributed by atoms with Crippen LogP contribution in [0.1, 0.15) is 31.6 Å². The number of aryl methyl sites for hydroxylation is 1. The largest absolute Gasteiger partial charge is 0.134 e. The molecule has 2 heteroatoms. The van der Waals surface area contributed by atoms with Gasteiger partial charge in [0.2, 0.25) is 0 Å². The molecule has 1 aromatic heterocycles. The fourth-order valence-corrected chi connectivity index (χ4v) is 2.92. The van der Waals surface area contributed by atoms with Gasteiger partial charge >= 0.3 is 0 Å². The quantitative estimate of drug-likeness (QED) is 0.653. The maximum Gasteiger partial charge on any atom is 0.0598 e. The van der Waals surface area contributed by atoms with Crippen LogP contribution in [-0.2, 0) is 6.42 Å². The Balaban J connectivity index is 2.28. The highest BCUT2D eigenvalue weighted by Crippen LogP contribution is 2.26. The van der Waals surface area contributed by atoms with Crippen LogP contribution in [0.25, 0.3) is 0 Å². The maximum atomic E-state index is 2.29. The predicted molar refractivity (Wildman–Crippen MR) is 63.9 cm³/mol. The Morgan fingerprint density at radius 1 is 1.38 bits per heavy atom. The second-order valence-electron chi connectivity index (χ2n) is 3.71. The van der Waals surface area contributed by atoms with Crippen molar-refractivity contribution in [3.8, 4) is 0 Å². The van der Waals surface area contributed by atoms with Gasteiger partial charge in [-0.1, -0.05) is 20.3 Å². The van der Waals surface area contributed by atoms with Crippen molar-refractivity contribution in [1.29, 1.82) is 0 Å². The standard InChI is InChI=1S/C11H18S2/c1-9(2)5-4-6-10-7-8-11(12-3)13-10/h7-9H,4-6H2,1-3H3. The van der Waals surface area contributed by atoms with Crippen molar-refractivity contribution >= 4 is 23.1 Å². The fraction of sp³-hybridized carbons (Fsp3) is 0.636. The van der Waals surface area contributed by atoms with Crippen molar-refractivity contribution in [3.63, 3.8) is 0 Å². The third kappa shape index (κ3) is 4.19. The smallest absolute Gasteiger partial charge is 0.0598 e. The molecule has 0 aliphatic carbocycles. The molecule has 0 saturated carbocycles. The lowest BCUT2D eigenvalue weighted by molar-refractivity contribution is 0.557. The van der Waals surface area contributed by atoms with E-state index < -0.39 is 0 Å². The molecule has 0 spiro atoms. The lowest BCUT2D eigenvalue weighted by Crippen LogP contribution is -1.88. The third-order valence-electron chi connectivity index (χ3n) is 2.04. The van der Waals surface area contributed by atoms with Gasteiger partial charge in [0.05, 0.1) is 4.21 Å². The summed E-state index contributed by atoms with van der Waals surface area (Å²) in [4.78, 5) is 1.55. The van der Waals surface area contributed by atoms with Gasteiger partial charge in [0, 0.05) is 4.88 Å². The van der Waals surface area contributed by atoms with Crippen molar-refractivity contribution < 1.29 is 0 Å². The third-order valence-corrected chi connectivity index (χ3v) is 4.27. The van der Waals surface area contributed by atoms with Crippen LogP contribution in [0.15, 0.2) is 16.3 Å². The lowest BCUT2D eigenvalue weighted by atomic mass is 10.1. The molecule has 0 amide bonds. The molecule has 13 heavy (non-hydrogen) atoms. The molecule has 1 rings (SSSR count). The normalized spacial score (nSPS) is 11.1. The highest BCUT2D eigenvalue weighted by atomic mass is 32.2. The molecule has 0 aliphatic heterocycles. The minimum Gasteiger partial charge on any atom is -0.134 e. The first kappa shape index (κ1) is 11.1. The van der Waals surface area contributed by atoms with Crippen LogP contribution in [0, 0.1) is 5.92 Å². The second-order valence-corrected chi connectivity index (χ2v) is 5.99. The Hall–Kier alpha value is 0.0500. The van der Waals surface area contributed by atoms with E-state index in [1.165, 1.54) is 23.5 Å². The van der Waals surface area contributed by atoms with E-state index in [2.05, 4.69) is 32.2 Å². The summed E-state index contributed by atoms with van der Waals surface area (Å²) < 4.78 is 1.44. The zero-order valence-electron chi connectivity index (χ0n) is 8.67. The Morgan fingerprint density at radius 3 is 2.69 bits per heavy atom. The fourth-order valence-electron chi connectivity index (χ4n) is 1.29. The minimum absolute atomic E-state index is 0.847. The van der Waals surface area contributed by atoms with E-state index in [0.717, 1.165) is 5.92 Å². The Labute approximate surface area is 89.7 Å². The zero-order chi connectivity index (χ0) is 9.68. The molecular formula is C11H18S2. The van der Waals surface area contributed by atoms with Gasteiger partial charge in [-0.25, -0.2) is 0 Å². The predicted octanol–water partition coefficient (Wildman–Crippen LogP) is 4.45. The van der Waals surface area contributed by atoms with E-state index in [9.17, 15) is 0 Å². The Morgan fingerprint density at radius 2 is 2.15 bits per heavy atom. The molecule has 0 saturated heterocycles. The molecule has 0 unspecified atom stereocenters. The van der Waals surface area contributed by atoms with Gasteiger partial charge in [0.25, 0.3) is 0 Å². The zero-order valence-corrected chi connectivity index (χ0v) is 10.3. The Bertz CT molecular complexity index is 238. The van der Waals surface area contributed by atoms with Gasteiger partial charge in [-0.2, -0.15) is 0 Å². The molecule has 0 bridgehead atoms. The van der Waals surface area contributed by atoms with Gasteiger partial charge < -0.3 is 0 Å². The summed E-state index contributed by atoms with van der Waals surface area (Å²) in [6, 6.07) is 4.51. The molecule has 0 aromatic carbocycles. The first-order valence-electron chi connectivity index (χ1n) is 4.85. The number of thioether (sulfide) groups is 1. The van der Waals surface area contributed by atoms with Gasteiger partial charge in [-0.3, -0.25) is 0 Å². The minimum atomic E-state index is 0.847. The number of hydrogen-bond acceptors (Lipinski definition) is 2. The maximum absolute atomic E-state index is 2.29. The number of thiophene rings is 1. The van der Waals surface area contributed by atoms with Crippen molar-refractivity contribution in [2.75, 3.05) is 6.26 Å². The monoisotopic (exact) mass is 214 g/mol. The number of hydrogen-bond donors (Lipinski definition) is 0. The van der Waals surface area contributed by atoms with E-state index in [1.54, 1.807) is 4.88 Å². The topological polar surface area (TPSA) is 0 Å². The van der Waals surface area contributed by atoms with Crippen molar-refractivity contribution in [3.05, 3.63) is 17.0 Å². The lowest BCUT2D eigenvalue weighted by Gasteiger charge is -2.01. The van der Waals surface area contributed by atoms with Crippen LogP contribution in [-0.4, -0.2) is 6.26 Å². The summed E-state index contributed by atoms with van der Waals surface area (Å²) in [5, 5.41) is 0. The van der Waals surface area contributed by atoms with Gasteiger partial charge in [-0.05, 0) is 37.1 Å². The van der Waals surface area contributed by atoms with Crippen LogP contribution in [0.3, 0.4) is 0 Å². The molecule has 1 aromatic rings. The summed E-state index contributed by atoms with van der Waals surface area (Å²) in [6.45, 7) is 4.59. The second kappa shape index (κ2) is 5.71. The molecule has 1 heterocycles.